The smallest absolute Gasteiger partial charge is 0.319 e. The summed E-state index contributed by atoms with van der Waals surface area (Å²) in [6.07, 6.45) is 1.50. The molecule has 0 saturated heterocycles. The lowest BCUT2D eigenvalue weighted by atomic mass is 9.80. The summed E-state index contributed by atoms with van der Waals surface area (Å²) in [5.74, 6) is -1.31. The van der Waals surface area contributed by atoms with E-state index in [4.69, 9.17) is 4.84 Å². The van der Waals surface area contributed by atoms with Crippen LogP contribution in [0, 0.1) is 5.92 Å². The minimum Gasteiger partial charge on any atom is -0.399 e. The van der Waals surface area contributed by atoms with Gasteiger partial charge in [-0.25, -0.2) is 4.79 Å². The van der Waals surface area contributed by atoms with E-state index in [1.165, 1.54) is 7.11 Å². The normalized spacial score (nSPS) is 21.0. The molecule has 1 aliphatic carbocycles. The number of carbonyl (C=O) groups excluding carboxylic acids is 3. The highest BCUT2D eigenvalue weighted by molar-refractivity contribution is 6.22. The van der Waals surface area contributed by atoms with Crippen molar-refractivity contribution >= 4 is 29.0 Å². The standard InChI is InChI=1S/C18H23N3O4/c1-3-7-14(21-25-2)17-15(22)10-13(11-16(17)23)20-18(24)19-12-8-5-4-6-9-12/h4-6,8-9,13,17H,3,7,10-11H2,1-2H3,(H2,19,20,24). The number of carbonyl (C=O) groups is 3. The Balaban J connectivity index is 1.97. The highest BCUT2D eigenvalue weighted by Crippen LogP contribution is 2.22. The third-order valence-corrected chi connectivity index (χ3v) is 3.95. The van der Waals surface area contributed by atoms with Crippen LogP contribution in [0.4, 0.5) is 10.5 Å². The van der Waals surface area contributed by atoms with Crippen LogP contribution in [-0.2, 0) is 14.4 Å². The van der Waals surface area contributed by atoms with Crippen LogP contribution in [0.5, 0.6) is 0 Å². The largest absolute Gasteiger partial charge is 0.399 e. The highest BCUT2D eigenvalue weighted by atomic mass is 16.6. The number of nitrogens with one attached hydrogen (secondary N) is 2. The van der Waals surface area contributed by atoms with Crippen LogP contribution in [0.15, 0.2) is 35.5 Å². The molecule has 0 heterocycles. The van der Waals surface area contributed by atoms with Gasteiger partial charge in [0.2, 0.25) is 0 Å². The fourth-order valence-electron chi connectivity index (χ4n) is 2.94. The lowest BCUT2D eigenvalue weighted by Gasteiger charge is -2.27. The second-order valence-electron chi connectivity index (χ2n) is 5.95. The van der Waals surface area contributed by atoms with Crippen molar-refractivity contribution in [1.29, 1.82) is 0 Å². The third kappa shape index (κ3) is 5.14. The van der Waals surface area contributed by atoms with E-state index in [-0.39, 0.29) is 24.4 Å². The van der Waals surface area contributed by atoms with Crippen molar-refractivity contribution in [3.8, 4) is 0 Å². The molecule has 0 bridgehead atoms. The van der Waals surface area contributed by atoms with Gasteiger partial charge in [-0.15, -0.1) is 0 Å². The Bertz CT molecular complexity index is 640. The van der Waals surface area contributed by atoms with E-state index in [1.54, 1.807) is 24.3 Å². The van der Waals surface area contributed by atoms with Crippen molar-refractivity contribution in [2.75, 3.05) is 12.4 Å². The second-order valence-corrected chi connectivity index (χ2v) is 5.95. The maximum absolute atomic E-state index is 12.4. The number of urea groups is 1. The maximum atomic E-state index is 12.4. The predicted molar refractivity (Wildman–Crippen MR) is 94.5 cm³/mol. The van der Waals surface area contributed by atoms with E-state index in [9.17, 15) is 14.4 Å². The molecule has 0 aromatic heterocycles. The summed E-state index contributed by atoms with van der Waals surface area (Å²) in [5.41, 5.74) is 1.11. The van der Waals surface area contributed by atoms with E-state index in [1.807, 2.05) is 13.0 Å². The highest BCUT2D eigenvalue weighted by Gasteiger charge is 2.39. The first kappa shape index (κ1) is 18.6. The van der Waals surface area contributed by atoms with Crippen LogP contribution in [0.2, 0.25) is 0 Å². The number of rotatable bonds is 6. The first-order valence-electron chi connectivity index (χ1n) is 8.33. The molecular weight excluding hydrogens is 322 g/mol. The van der Waals surface area contributed by atoms with Crippen molar-refractivity contribution in [2.24, 2.45) is 11.1 Å². The van der Waals surface area contributed by atoms with Gasteiger partial charge in [0.15, 0.2) is 11.6 Å². The zero-order valence-electron chi connectivity index (χ0n) is 14.5. The predicted octanol–water partition coefficient (Wildman–Crippen LogP) is 2.53. The molecule has 25 heavy (non-hydrogen) atoms. The summed E-state index contributed by atoms with van der Waals surface area (Å²) in [6.45, 7) is 1.95. The van der Waals surface area contributed by atoms with Crippen LogP contribution in [-0.4, -0.2) is 36.5 Å². The first-order valence-corrected chi connectivity index (χ1v) is 8.33. The molecule has 2 N–H and O–H groups in total. The number of ketones is 2. The summed E-state index contributed by atoms with van der Waals surface area (Å²) < 4.78 is 0. The van der Waals surface area contributed by atoms with Crippen molar-refractivity contribution < 1.29 is 19.2 Å². The number of benzene rings is 1. The molecule has 1 aliphatic rings. The Kier molecular flexibility index (Phi) is 6.68. The van der Waals surface area contributed by atoms with E-state index in [0.717, 1.165) is 6.42 Å². The maximum Gasteiger partial charge on any atom is 0.319 e. The van der Waals surface area contributed by atoms with Crippen molar-refractivity contribution in [2.45, 2.75) is 38.6 Å². The van der Waals surface area contributed by atoms with Crippen LogP contribution in [0.25, 0.3) is 0 Å². The average Bonchev–Trinajstić information content (AvgIpc) is 2.55. The van der Waals surface area contributed by atoms with E-state index in [0.29, 0.717) is 17.8 Å². The summed E-state index contributed by atoms with van der Waals surface area (Å²) in [7, 11) is 1.39. The number of oxime groups is 1. The Morgan fingerprint density at radius 2 is 1.84 bits per heavy atom. The van der Waals surface area contributed by atoms with E-state index >= 15 is 0 Å². The average molecular weight is 345 g/mol. The van der Waals surface area contributed by atoms with Crippen molar-refractivity contribution in [3.63, 3.8) is 0 Å². The number of hydrogen-bond acceptors (Lipinski definition) is 5. The molecule has 1 fully saturated rings. The molecule has 1 saturated carbocycles. The van der Waals surface area contributed by atoms with Crippen LogP contribution in [0.1, 0.15) is 32.6 Å². The molecule has 1 aromatic carbocycles. The van der Waals surface area contributed by atoms with Gasteiger partial charge in [0.1, 0.15) is 13.0 Å². The number of nitrogens with zero attached hydrogens (tertiary/aromatic N) is 1. The summed E-state index contributed by atoms with van der Waals surface area (Å²) >= 11 is 0. The molecule has 0 radical (unpaired) electrons. The molecule has 2 rings (SSSR count). The minimum atomic E-state index is -0.852. The molecule has 0 atom stereocenters. The lowest BCUT2D eigenvalue weighted by Crippen LogP contribution is -2.48. The number of para-hydroxylation sites is 1. The first-order chi connectivity index (χ1) is 12.0. The fraction of sp³-hybridized carbons (Fsp3) is 0.444. The van der Waals surface area contributed by atoms with Gasteiger partial charge in [0, 0.05) is 24.6 Å². The zero-order chi connectivity index (χ0) is 18.2. The van der Waals surface area contributed by atoms with Crippen LogP contribution < -0.4 is 10.6 Å². The van der Waals surface area contributed by atoms with Gasteiger partial charge in [-0.3, -0.25) is 9.59 Å². The molecule has 2 amide bonds. The van der Waals surface area contributed by atoms with Gasteiger partial charge in [0.25, 0.3) is 0 Å². The fourth-order valence-corrected chi connectivity index (χ4v) is 2.94. The molecule has 0 aliphatic heterocycles. The molecule has 0 spiro atoms. The topological polar surface area (TPSA) is 96.9 Å². The third-order valence-electron chi connectivity index (χ3n) is 3.95. The van der Waals surface area contributed by atoms with Gasteiger partial charge in [-0.1, -0.05) is 36.7 Å². The molecule has 7 nitrogen and oxygen atoms in total. The van der Waals surface area contributed by atoms with Gasteiger partial charge in [0.05, 0.1) is 5.71 Å². The van der Waals surface area contributed by atoms with Gasteiger partial charge in [-0.05, 0) is 18.6 Å². The molecule has 7 heteroatoms. The van der Waals surface area contributed by atoms with Crippen molar-refractivity contribution in [1.82, 2.24) is 5.32 Å². The molecular formula is C18H23N3O4. The van der Waals surface area contributed by atoms with Crippen LogP contribution >= 0.6 is 0 Å². The summed E-state index contributed by atoms with van der Waals surface area (Å²) in [4.78, 5) is 41.6. The number of Topliss-reactive ketones (excluding diaryl/α,β-unsaturated/α-hetero) is 2. The minimum absolute atomic E-state index is 0.102. The van der Waals surface area contributed by atoms with Crippen molar-refractivity contribution in [3.05, 3.63) is 30.3 Å². The van der Waals surface area contributed by atoms with Crippen LogP contribution in [0.3, 0.4) is 0 Å². The van der Waals surface area contributed by atoms with E-state index < -0.39 is 18.0 Å². The quantitative estimate of drug-likeness (QED) is 0.470. The lowest BCUT2D eigenvalue weighted by molar-refractivity contribution is -0.133. The number of amides is 2. The van der Waals surface area contributed by atoms with Gasteiger partial charge < -0.3 is 15.5 Å². The molecule has 134 valence electrons. The van der Waals surface area contributed by atoms with Gasteiger partial charge in [-0.2, -0.15) is 0 Å². The van der Waals surface area contributed by atoms with E-state index in [2.05, 4.69) is 15.8 Å². The zero-order valence-corrected chi connectivity index (χ0v) is 14.5. The SMILES string of the molecule is CCCC(=NOC)C1C(=O)CC(NC(=O)Nc2ccccc2)CC1=O. The monoisotopic (exact) mass is 345 g/mol. The number of anilines is 1. The van der Waals surface area contributed by atoms with Gasteiger partial charge >= 0.3 is 6.03 Å². The Morgan fingerprint density at radius 3 is 2.40 bits per heavy atom. The molecule has 0 unspecified atom stereocenters. The Labute approximate surface area is 146 Å². The Morgan fingerprint density at radius 1 is 1.20 bits per heavy atom. The molecule has 1 aromatic rings. The summed E-state index contributed by atoms with van der Waals surface area (Å²) in [5, 5.41) is 9.22. The summed E-state index contributed by atoms with van der Waals surface area (Å²) in [6, 6.07) is 8.02. The second kappa shape index (κ2) is 8.96. The number of hydrogen-bond donors (Lipinski definition) is 2. The Hall–Kier alpha value is -2.70.